The van der Waals surface area contributed by atoms with E-state index in [2.05, 4.69) is 10.5 Å². The van der Waals surface area contributed by atoms with Crippen LogP contribution in [0.3, 0.4) is 0 Å². The number of nitrogens with two attached hydrogens (primary N) is 1. The number of fused-ring (bicyclic) bond motifs is 1. The third-order valence-corrected chi connectivity index (χ3v) is 2.96. The van der Waals surface area contributed by atoms with Crippen molar-refractivity contribution in [3.05, 3.63) is 41.6 Å². The predicted molar refractivity (Wildman–Crippen MR) is 63.4 cm³/mol. The largest absolute Gasteiger partial charge is 0.449 e. The van der Waals surface area contributed by atoms with Crippen molar-refractivity contribution in [1.82, 2.24) is 10.5 Å². The van der Waals surface area contributed by atoms with Crippen molar-refractivity contribution in [3.63, 3.8) is 0 Å². The van der Waals surface area contributed by atoms with E-state index in [4.69, 9.17) is 15.0 Å². The quantitative estimate of drug-likeness (QED) is 0.832. The van der Waals surface area contributed by atoms with Crippen molar-refractivity contribution in [2.45, 2.75) is 13.0 Å². The summed E-state index contributed by atoms with van der Waals surface area (Å²) in [5.74, 6) is -0.414. The van der Waals surface area contributed by atoms with Crippen LogP contribution in [0.1, 0.15) is 27.7 Å². The Hall–Kier alpha value is -2.34. The number of pyridine rings is 1. The molecule has 1 unspecified atom stereocenters. The van der Waals surface area contributed by atoms with Crippen molar-refractivity contribution in [3.8, 4) is 0 Å². The van der Waals surface area contributed by atoms with Gasteiger partial charge in [-0.15, -0.1) is 5.48 Å². The van der Waals surface area contributed by atoms with Gasteiger partial charge in [0.05, 0.1) is 12.2 Å². The van der Waals surface area contributed by atoms with E-state index in [0.717, 1.165) is 16.5 Å². The zero-order valence-electron chi connectivity index (χ0n) is 9.64. The summed E-state index contributed by atoms with van der Waals surface area (Å²) in [6, 6.07) is -0.113. The molecule has 2 aromatic heterocycles. The monoisotopic (exact) mass is 245 g/mol. The van der Waals surface area contributed by atoms with Crippen LogP contribution in [0, 0.1) is 6.92 Å². The molecule has 0 aromatic carbocycles. The molecule has 2 aromatic rings. The van der Waals surface area contributed by atoms with Gasteiger partial charge in [-0.3, -0.25) is 9.78 Å². The normalized spacial score (nSPS) is 18.2. The van der Waals surface area contributed by atoms with Gasteiger partial charge in [0.1, 0.15) is 6.26 Å². The number of furan rings is 1. The van der Waals surface area contributed by atoms with E-state index in [1.54, 1.807) is 25.6 Å². The molecule has 0 bridgehead atoms. The van der Waals surface area contributed by atoms with Gasteiger partial charge < -0.3 is 15.0 Å². The fourth-order valence-corrected chi connectivity index (χ4v) is 2.14. The third kappa shape index (κ3) is 1.46. The summed E-state index contributed by atoms with van der Waals surface area (Å²) in [5, 5.41) is 0.839. The van der Waals surface area contributed by atoms with E-state index in [1.165, 1.54) is 0 Å². The van der Waals surface area contributed by atoms with Crippen LogP contribution in [0.2, 0.25) is 0 Å². The Balaban J connectivity index is 2.26. The van der Waals surface area contributed by atoms with Crippen LogP contribution in [0.15, 0.2) is 29.1 Å². The maximum atomic E-state index is 11.3. The molecule has 0 spiro atoms. The summed E-state index contributed by atoms with van der Waals surface area (Å²) >= 11 is 0. The molecule has 3 rings (SSSR count). The summed E-state index contributed by atoms with van der Waals surface area (Å²) in [7, 11) is 0. The lowest BCUT2D eigenvalue weighted by Crippen LogP contribution is -2.13. The van der Waals surface area contributed by atoms with Gasteiger partial charge in [-0.1, -0.05) is 0 Å². The van der Waals surface area contributed by atoms with Crippen LogP contribution in [0.25, 0.3) is 11.0 Å². The Morgan fingerprint density at radius 3 is 3.00 bits per heavy atom. The van der Waals surface area contributed by atoms with Gasteiger partial charge in [0.25, 0.3) is 5.91 Å². The minimum Gasteiger partial charge on any atom is -0.449 e. The summed E-state index contributed by atoms with van der Waals surface area (Å²) in [5.41, 5.74) is 10.2. The summed E-state index contributed by atoms with van der Waals surface area (Å²) in [6.45, 7) is 1.80. The second kappa shape index (κ2) is 3.85. The topological polar surface area (TPSA) is 90.4 Å². The molecule has 3 N–H and O–H groups in total. The lowest BCUT2D eigenvalue weighted by molar-refractivity contribution is 0.0975. The average Bonchev–Trinajstić information content (AvgIpc) is 2.97. The molecule has 0 saturated carbocycles. The van der Waals surface area contributed by atoms with Gasteiger partial charge in [0.2, 0.25) is 0 Å². The van der Waals surface area contributed by atoms with Crippen LogP contribution in [-0.2, 0) is 4.84 Å². The first-order valence-electron chi connectivity index (χ1n) is 5.43. The number of hydroxylamine groups is 1. The highest BCUT2D eigenvalue weighted by Gasteiger charge is 2.22. The van der Waals surface area contributed by atoms with E-state index in [9.17, 15) is 4.79 Å². The Morgan fingerprint density at radius 2 is 2.33 bits per heavy atom. The number of amides is 1. The van der Waals surface area contributed by atoms with E-state index in [0.29, 0.717) is 5.58 Å². The minimum absolute atomic E-state index is 0.113. The predicted octanol–water partition coefficient (Wildman–Crippen LogP) is 1.32. The van der Waals surface area contributed by atoms with Crippen LogP contribution in [0.4, 0.5) is 0 Å². The average molecular weight is 245 g/mol. The first-order valence-corrected chi connectivity index (χ1v) is 5.43. The number of aryl methyl sites for hydroxylation is 1. The SMILES string of the molecule is Cc1c(C(N)=O)oc2cncc(C3C=CON3)c12. The van der Waals surface area contributed by atoms with Gasteiger partial charge in [0, 0.05) is 22.7 Å². The molecule has 0 radical (unpaired) electrons. The Morgan fingerprint density at radius 1 is 1.50 bits per heavy atom. The fourth-order valence-electron chi connectivity index (χ4n) is 2.14. The Kier molecular flexibility index (Phi) is 2.31. The standard InChI is InChI=1S/C12H11N3O3/c1-6-10-7(8-2-3-17-15-8)4-14-5-9(10)18-11(6)12(13)16/h2-5,8,15H,1H3,(H2,13,16). The highest BCUT2D eigenvalue weighted by Crippen LogP contribution is 2.32. The van der Waals surface area contributed by atoms with Gasteiger partial charge in [-0.25, -0.2) is 0 Å². The molecule has 0 saturated heterocycles. The van der Waals surface area contributed by atoms with Crippen LogP contribution < -0.4 is 11.2 Å². The van der Waals surface area contributed by atoms with Crippen LogP contribution in [-0.4, -0.2) is 10.9 Å². The maximum Gasteiger partial charge on any atom is 0.284 e. The van der Waals surface area contributed by atoms with Crippen molar-refractivity contribution in [1.29, 1.82) is 0 Å². The number of hydrogen-bond donors (Lipinski definition) is 2. The van der Waals surface area contributed by atoms with E-state index >= 15 is 0 Å². The molecular weight excluding hydrogens is 234 g/mol. The summed E-state index contributed by atoms with van der Waals surface area (Å²) < 4.78 is 5.43. The molecule has 18 heavy (non-hydrogen) atoms. The molecule has 3 heterocycles. The molecule has 6 heteroatoms. The lowest BCUT2D eigenvalue weighted by Gasteiger charge is -2.08. The molecule has 1 aliphatic rings. The van der Waals surface area contributed by atoms with Gasteiger partial charge in [-0.05, 0) is 13.0 Å². The first kappa shape index (κ1) is 10.8. The molecule has 1 amide bonds. The number of hydrogen-bond acceptors (Lipinski definition) is 5. The maximum absolute atomic E-state index is 11.3. The molecule has 0 aliphatic carbocycles. The molecular formula is C12H11N3O3. The highest BCUT2D eigenvalue weighted by atomic mass is 16.6. The van der Waals surface area contributed by atoms with E-state index < -0.39 is 5.91 Å². The first-order chi connectivity index (χ1) is 8.68. The van der Waals surface area contributed by atoms with Crippen molar-refractivity contribution in [2.24, 2.45) is 5.73 Å². The van der Waals surface area contributed by atoms with Crippen molar-refractivity contribution in [2.75, 3.05) is 0 Å². The molecule has 1 aliphatic heterocycles. The number of carbonyl (C=O) groups excluding carboxylic acids is 1. The summed E-state index contributed by atoms with van der Waals surface area (Å²) in [6.07, 6.45) is 6.70. The number of rotatable bonds is 2. The molecule has 92 valence electrons. The van der Waals surface area contributed by atoms with Crippen molar-refractivity contribution < 1.29 is 14.0 Å². The molecule has 0 fully saturated rings. The number of aromatic nitrogens is 1. The number of nitrogens with one attached hydrogen (secondary N) is 1. The fraction of sp³-hybridized carbons (Fsp3) is 0.167. The molecule has 6 nitrogen and oxygen atoms in total. The second-order valence-electron chi connectivity index (χ2n) is 4.06. The van der Waals surface area contributed by atoms with Gasteiger partial charge in [-0.2, -0.15) is 0 Å². The van der Waals surface area contributed by atoms with E-state index in [1.807, 2.05) is 6.08 Å². The Bertz CT molecular complexity index is 660. The number of nitrogens with zero attached hydrogens (tertiary/aromatic N) is 1. The smallest absolute Gasteiger partial charge is 0.284 e. The minimum atomic E-state index is -0.583. The zero-order valence-corrected chi connectivity index (χ0v) is 9.64. The number of carbonyl (C=O) groups is 1. The van der Waals surface area contributed by atoms with E-state index in [-0.39, 0.29) is 11.8 Å². The lowest BCUT2D eigenvalue weighted by atomic mass is 10.0. The zero-order chi connectivity index (χ0) is 12.7. The summed E-state index contributed by atoms with van der Waals surface area (Å²) in [4.78, 5) is 20.3. The highest BCUT2D eigenvalue weighted by molar-refractivity contribution is 5.98. The third-order valence-electron chi connectivity index (χ3n) is 2.96. The van der Waals surface area contributed by atoms with Gasteiger partial charge in [0.15, 0.2) is 11.3 Å². The second-order valence-corrected chi connectivity index (χ2v) is 4.06. The van der Waals surface area contributed by atoms with Crippen LogP contribution in [0.5, 0.6) is 0 Å². The molecule has 1 atom stereocenters. The Labute approximate surface area is 102 Å². The number of primary amides is 1. The van der Waals surface area contributed by atoms with Gasteiger partial charge >= 0.3 is 0 Å². The van der Waals surface area contributed by atoms with Crippen molar-refractivity contribution >= 4 is 16.9 Å². The van der Waals surface area contributed by atoms with Crippen LogP contribution >= 0.6 is 0 Å².